The second-order valence-corrected chi connectivity index (χ2v) is 3.13. The van der Waals surface area contributed by atoms with Crippen molar-refractivity contribution in [3.63, 3.8) is 0 Å². The number of unbranched alkanes of at least 4 members (excludes halogenated alkanes) is 1. The molecule has 15 heavy (non-hydrogen) atoms. The Morgan fingerprint density at radius 2 is 2.40 bits per heavy atom. The van der Waals surface area contributed by atoms with Gasteiger partial charge in [0.25, 0.3) is 5.91 Å². The summed E-state index contributed by atoms with van der Waals surface area (Å²) in [5.74, 6) is -0.331. The summed E-state index contributed by atoms with van der Waals surface area (Å²) in [6.07, 6.45) is 3.73. The van der Waals surface area contributed by atoms with E-state index in [1.165, 1.54) is 12.4 Å². The van der Waals surface area contributed by atoms with Crippen molar-refractivity contribution in [3.05, 3.63) is 23.2 Å². The van der Waals surface area contributed by atoms with Gasteiger partial charge in [-0.05, 0) is 6.42 Å². The molecule has 0 radical (unpaired) electrons. The third-order valence-corrected chi connectivity index (χ3v) is 1.77. The average Bonchev–Trinajstić information content (AvgIpc) is 2.24. The molecule has 1 aromatic rings. The number of nitriles is 1. The maximum absolute atomic E-state index is 11.4. The topological polar surface area (TPSA) is 78.7 Å². The molecule has 78 valence electrons. The standard InChI is InChI=1S/C9H9ClN4O/c10-8-6-12-5-7(14-8)9(15)13-4-2-1-3-11/h5-6H,1-2,4H2,(H,13,15). The number of amides is 1. The van der Waals surface area contributed by atoms with Gasteiger partial charge >= 0.3 is 0 Å². The molecule has 0 fully saturated rings. The number of nitrogens with zero attached hydrogens (tertiary/aromatic N) is 3. The lowest BCUT2D eigenvalue weighted by atomic mass is 10.3. The molecule has 0 saturated carbocycles. The van der Waals surface area contributed by atoms with Crippen LogP contribution < -0.4 is 5.32 Å². The minimum atomic E-state index is -0.331. The largest absolute Gasteiger partial charge is 0.351 e. The number of hydrogen-bond acceptors (Lipinski definition) is 4. The molecule has 1 aromatic heterocycles. The molecule has 1 N–H and O–H groups in total. The zero-order valence-corrected chi connectivity index (χ0v) is 8.66. The van der Waals surface area contributed by atoms with Crippen molar-refractivity contribution in [2.75, 3.05) is 6.54 Å². The molecule has 5 nitrogen and oxygen atoms in total. The number of hydrogen-bond donors (Lipinski definition) is 1. The van der Waals surface area contributed by atoms with Crippen molar-refractivity contribution in [3.8, 4) is 6.07 Å². The van der Waals surface area contributed by atoms with Crippen LogP contribution in [0, 0.1) is 11.3 Å². The zero-order valence-electron chi connectivity index (χ0n) is 7.90. The lowest BCUT2D eigenvalue weighted by molar-refractivity contribution is 0.0948. The normalized spacial score (nSPS) is 9.33. The van der Waals surface area contributed by atoms with E-state index in [2.05, 4.69) is 15.3 Å². The van der Waals surface area contributed by atoms with E-state index in [1.807, 2.05) is 6.07 Å². The van der Waals surface area contributed by atoms with E-state index < -0.39 is 0 Å². The molecule has 1 rings (SSSR count). The third-order valence-electron chi connectivity index (χ3n) is 1.59. The van der Waals surface area contributed by atoms with Crippen molar-refractivity contribution in [1.82, 2.24) is 15.3 Å². The molecule has 0 aliphatic heterocycles. The van der Waals surface area contributed by atoms with E-state index >= 15 is 0 Å². The van der Waals surface area contributed by atoms with Gasteiger partial charge in [0, 0.05) is 13.0 Å². The Morgan fingerprint density at radius 3 is 3.07 bits per heavy atom. The van der Waals surface area contributed by atoms with Crippen LogP contribution in [0.4, 0.5) is 0 Å². The predicted octanol–water partition coefficient (Wildman–Crippen LogP) is 1.16. The first-order valence-corrected chi connectivity index (χ1v) is 4.74. The first kappa shape index (κ1) is 11.4. The van der Waals surface area contributed by atoms with Crippen molar-refractivity contribution < 1.29 is 4.79 Å². The highest BCUT2D eigenvalue weighted by molar-refractivity contribution is 6.29. The second-order valence-electron chi connectivity index (χ2n) is 2.74. The Bertz CT molecular complexity index is 388. The smallest absolute Gasteiger partial charge is 0.271 e. The number of nitrogens with one attached hydrogen (secondary N) is 1. The van der Waals surface area contributed by atoms with Gasteiger partial charge in [0.1, 0.15) is 10.8 Å². The summed E-state index contributed by atoms with van der Waals surface area (Å²) >= 11 is 5.58. The van der Waals surface area contributed by atoms with Gasteiger partial charge in [0.05, 0.1) is 18.5 Å². The van der Waals surface area contributed by atoms with Crippen molar-refractivity contribution in [1.29, 1.82) is 5.26 Å². The molecule has 0 bridgehead atoms. The van der Waals surface area contributed by atoms with Gasteiger partial charge in [-0.1, -0.05) is 11.6 Å². The number of carbonyl (C=O) groups is 1. The van der Waals surface area contributed by atoms with E-state index in [4.69, 9.17) is 16.9 Å². The third kappa shape index (κ3) is 3.92. The molecule has 1 amide bonds. The van der Waals surface area contributed by atoms with Gasteiger partial charge in [0.2, 0.25) is 0 Å². The van der Waals surface area contributed by atoms with Crippen LogP contribution in [0.3, 0.4) is 0 Å². The van der Waals surface area contributed by atoms with Crippen LogP contribution >= 0.6 is 11.6 Å². The molecule has 0 atom stereocenters. The molecule has 0 unspecified atom stereocenters. The molecular weight excluding hydrogens is 216 g/mol. The SMILES string of the molecule is N#CCCCNC(=O)c1cncc(Cl)n1. The molecule has 0 aliphatic carbocycles. The average molecular weight is 225 g/mol. The summed E-state index contributed by atoms with van der Waals surface area (Å²) < 4.78 is 0. The number of aromatic nitrogens is 2. The van der Waals surface area contributed by atoms with E-state index in [0.29, 0.717) is 19.4 Å². The fourth-order valence-corrected chi connectivity index (χ4v) is 1.06. The molecule has 0 spiro atoms. The van der Waals surface area contributed by atoms with Gasteiger partial charge < -0.3 is 5.32 Å². The molecule has 0 aliphatic rings. The number of carbonyl (C=O) groups excluding carboxylic acids is 1. The molecule has 0 saturated heterocycles. The number of rotatable bonds is 4. The molecular formula is C9H9ClN4O. The fraction of sp³-hybridized carbons (Fsp3) is 0.333. The van der Waals surface area contributed by atoms with Crippen LogP contribution in [0.25, 0.3) is 0 Å². The Kier molecular flexibility index (Phi) is 4.51. The minimum absolute atomic E-state index is 0.180. The summed E-state index contributed by atoms with van der Waals surface area (Å²) in [7, 11) is 0. The second kappa shape index (κ2) is 5.94. The number of halogens is 1. The first-order valence-electron chi connectivity index (χ1n) is 4.36. The van der Waals surface area contributed by atoms with Crippen molar-refractivity contribution >= 4 is 17.5 Å². The van der Waals surface area contributed by atoms with Gasteiger partial charge in [0.15, 0.2) is 0 Å². The van der Waals surface area contributed by atoms with E-state index in [9.17, 15) is 4.79 Å². The first-order chi connectivity index (χ1) is 7.24. The maximum atomic E-state index is 11.4. The monoisotopic (exact) mass is 224 g/mol. The lowest BCUT2D eigenvalue weighted by Crippen LogP contribution is -2.25. The predicted molar refractivity (Wildman–Crippen MR) is 54.2 cm³/mol. The molecule has 1 heterocycles. The summed E-state index contributed by atoms with van der Waals surface area (Å²) in [6, 6.07) is 1.99. The van der Waals surface area contributed by atoms with E-state index in [1.54, 1.807) is 0 Å². The van der Waals surface area contributed by atoms with Gasteiger partial charge in [-0.3, -0.25) is 9.78 Å². The van der Waals surface area contributed by atoms with Crippen LogP contribution in [0.1, 0.15) is 23.3 Å². The van der Waals surface area contributed by atoms with Crippen LogP contribution in [-0.2, 0) is 0 Å². The van der Waals surface area contributed by atoms with Crippen LogP contribution in [0.15, 0.2) is 12.4 Å². The molecule has 6 heteroatoms. The molecule has 0 aromatic carbocycles. The summed E-state index contributed by atoms with van der Waals surface area (Å²) in [4.78, 5) is 18.9. The summed E-state index contributed by atoms with van der Waals surface area (Å²) in [5, 5.41) is 11.1. The van der Waals surface area contributed by atoms with Gasteiger partial charge in [-0.25, -0.2) is 4.98 Å². The highest BCUT2D eigenvalue weighted by atomic mass is 35.5. The highest BCUT2D eigenvalue weighted by Crippen LogP contribution is 2.02. The van der Waals surface area contributed by atoms with Crippen molar-refractivity contribution in [2.24, 2.45) is 0 Å². The Balaban J connectivity index is 2.44. The highest BCUT2D eigenvalue weighted by Gasteiger charge is 2.06. The summed E-state index contributed by atoms with van der Waals surface area (Å²) in [6.45, 7) is 0.445. The summed E-state index contributed by atoms with van der Waals surface area (Å²) in [5.41, 5.74) is 0.180. The Labute approximate surface area is 92.1 Å². The van der Waals surface area contributed by atoms with Crippen LogP contribution in [-0.4, -0.2) is 22.4 Å². The zero-order chi connectivity index (χ0) is 11.1. The fourth-order valence-electron chi connectivity index (χ4n) is 0.912. The Morgan fingerprint density at radius 1 is 1.60 bits per heavy atom. The van der Waals surface area contributed by atoms with E-state index in [-0.39, 0.29) is 16.8 Å². The Hall–Kier alpha value is -1.67. The quantitative estimate of drug-likeness (QED) is 0.779. The van der Waals surface area contributed by atoms with Gasteiger partial charge in [-0.2, -0.15) is 5.26 Å². The minimum Gasteiger partial charge on any atom is -0.351 e. The van der Waals surface area contributed by atoms with Crippen molar-refractivity contribution in [2.45, 2.75) is 12.8 Å². The van der Waals surface area contributed by atoms with Crippen LogP contribution in [0.5, 0.6) is 0 Å². The van der Waals surface area contributed by atoms with Gasteiger partial charge in [-0.15, -0.1) is 0 Å². The van der Waals surface area contributed by atoms with Crippen LogP contribution in [0.2, 0.25) is 5.15 Å². The lowest BCUT2D eigenvalue weighted by Gasteiger charge is -2.02. The van der Waals surface area contributed by atoms with E-state index in [0.717, 1.165) is 0 Å². The maximum Gasteiger partial charge on any atom is 0.271 e.